The maximum atomic E-state index is 13.0. The zero-order valence-electron chi connectivity index (χ0n) is 17.5. The Morgan fingerprint density at radius 1 is 0.767 bits per heavy atom. The maximum Gasteiger partial charge on any atom is 0.326 e. The van der Waals surface area contributed by atoms with Crippen LogP contribution in [0.25, 0.3) is 5.57 Å². The van der Waals surface area contributed by atoms with E-state index in [9.17, 15) is 4.79 Å². The highest BCUT2D eigenvalue weighted by Gasteiger charge is 2.21. The molecule has 3 aromatic rings. The lowest BCUT2D eigenvalue weighted by Crippen LogP contribution is -2.31. The fourth-order valence-corrected chi connectivity index (χ4v) is 4.20. The molecule has 30 heavy (non-hydrogen) atoms. The third kappa shape index (κ3) is 4.46. The van der Waals surface area contributed by atoms with Crippen molar-refractivity contribution in [3.05, 3.63) is 102 Å². The number of para-hydroxylation sites is 2. The fourth-order valence-electron chi connectivity index (χ4n) is 4.20. The summed E-state index contributed by atoms with van der Waals surface area (Å²) in [7, 11) is 1.84. The van der Waals surface area contributed by atoms with E-state index < -0.39 is 0 Å². The molecule has 3 aromatic carbocycles. The zero-order valence-corrected chi connectivity index (χ0v) is 17.5. The van der Waals surface area contributed by atoms with E-state index in [4.69, 9.17) is 0 Å². The average Bonchev–Trinajstić information content (AvgIpc) is 2.81. The smallest absolute Gasteiger partial charge is 0.308 e. The number of urea groups is 1. The molecule has 0 aromatic heterocycles. The van der Waals surface area contributed by atoms with Crippen molar-refractivity contribution in [3.8, 4) is 0 Å². The lowest BCUT2D eigenvalue weighted by Gasteiger charge is -2.26. The first kappa shape index (κ1) is 20.0. The minimum Gasteiger partial charge on any atom is -0.308 e. The summed E-state index contributed by atoms with van der Waals surface area (Å²) < 4.78 is 0. The number of hydrogen-bond acceptors (Lipinski definition) is 1. The van der Waals surface area contributed by atoms with Crippen LogP contribution in [0.4, 0.5) is 16.2 Å². The predicted octanol–water partition coefficient (Wildman–Crippen LogP) is 7.12. The molecule has 0 saturated heterocycles. The molecule has 1 aliphatic carbocycles. The van der Waals surface area contributed by atoms with Crippen LogP contribution in [-0.2, 0) is 0 Å². The van der Waals surface area contributed by atoms with Crippen LogP contribution in [0, 0.1) is 0 Å². The van der Waals surface area contributed by atoms with Crippen LogP contribution in [0.5, 0.6) is 0 Å². The van der Waals surface area contributed by atoms with Gasteiger partial charge in [0, 0.05) is 18.3 Å². The molecular weight excluding hydrogens is 368 g/mol. The van der Waals surface area contributed by atoms with Gasteiger partial charge in [0.25, 0.3) is 0 Å². The molecule has 3 nitrogen and oxygen atoms in total. The molecule has 1 aliphatic rings. The van der Waals surface area contributed by atoms with E-state index in [0.717, 1.165) is 29.8 Å². The molecule has 2 amide bonds. The first-order chi connectivity index (χ1) is 14.7. The van der Waals surface area contributed by atoms with E-state index in [2.05, 4.69) is 47.8 Å². The summed E-state index contributed by atoms with van der Waals surface area (Å²) in [5, 5.41) is 3.00. The van der Waals surface area contributed by atoms with Crippen LogP contribution < -0.4 is 10.2 Å². The van der Waals surface area contributed by atoms with Gasteiger partial charge in [-0.15, -0.1) is 0 Å². The second-order valence-electron chi connectivity index (χ2n) is 7.78. The highest BCUT2D eigenvalue weighted by molar-refractivity contribution is 6.04. The van der Waals surface area contributed by atoms with Gasteiger partial charge in [-0.25, -0.2) is 4.79 Å². The topological polar surface area (TPSA) is 32.3 Å². The monoisotopic (exact) mass is 396 g/mol. The number of benzene rings is 3. The summed E-state index contributed by atoms with van der Waals surface area (Å²) in [5.41, 5.74) is 6.83. The lowest BCUT2D eigenvalue weighted by atomic mass is 9.84. The second-order valence-corrected chi connectivity index (χ2v) is 7.78. The van der Waals surface area contributed by atoms with Crippen LogP contribution in [0.2, 0.25) is 0 Å². The molecule has 0 radical (unpaired) electrons. The Labute approximate surface area is 179 Å². The number of nitrogens with zero attached hydrogens (tertiary/aromatic N) is 1. The van der Waals surface area contributed by atoms with Crippen LogP contribution >= 0.6 is 0 Å². The lowest BCUT2D eigenvalue weighted by molar-refractivity contribution is 0.258. The number of allylic oxidation sites excluding steroid dienone is 1. The first-order valence-corrected chi connectivity index (χ1v) is 10.7. The van der Waals surface area contributed by atoms with E-state index in [0.29, 0.717) is 0 Å². The van der Waals surface area contributed by atoms with E-state index in [-0.39, 0.29) is 6.03 Å². The van der Waals surface area contributed by atoms with Gasteiger partial charge >= 0.3 is 6.03 Å². The largest absolute Gasteiger partial charge is 0.326 e. The van der Waals surface area contributed by atoms with Gasteiger partial charge in [0.05, 0.1) is 5.69 Å². The van der Waals surface area contributed by atoms with Gasteiger partial charge < -0.3 is 5.32 Å². The third-order valence-corrected chi connectivity index (χ3v) is 5.74. The van der Waals surface area contributed by atoms with Gasteiger partial charge in [-0.3, -0.25) is 4.90 Å². The molecular formula is C27H28N2O. The van der Waals surface area contributed by atoms with Crippen molar-refractivity contribution < 1.29 is 4.79 Å². The van der Waals surface area contributed by atoms with E-state index >= 15 is 0 Å². The Morgan fingerprint density at radius 2 is 1.37 bits per heavy atom. The van der Waals surface area contributed by atoms with Gasteiger partial charge in [0.1, 0.15) is 0 Å². The number of anilines is 2. The molecule has 0 spiro atoms. The molecule has 0 bridgehead atoms. The first-order valence-electron chi connectivity index (χ1n) is 10.7. The van der Waals surface area contributed by atoms with Gasteiger partial charge in [-0.05, 0) is 55.0 Å². The third-order valence-electron chi connectivity index (χ3n) is 5.74. The van der Waals surface area contributed by atoms with Gasteiger partial charge in [-0.2, -0.15) is 0 Å². The number of carbonyl (C=O) groups is 1. The van der Waals surface area contributed by atoms with Crippen LogP contribution in [0.15, 0.2) is 90.5 Å². The van der Waals surface area contributed by atoms with Crippen LogP contribution in [-0.4, -0.2) is 13.1 Å². The summed E-state index contributed by atoms with van der Waals surface area (Å²) in [6, 6.07) is 28.3. The zero-order chi connectivity index (χ0) is 20.8. The molecule has 1 N–H and O–H groups in total. The summed E-state index contributed by atoms with van der Waals surface area (Å²) in [5.74, 6) is 0. The number of rotatable bonds is 4. The van der Waals surface area contributed by atoms with Crippen molar-refractivity contribution in [1.29, 1.82) is 0 Å². The normalized spacial score (nSPS) is 13.6. The average molecular weight is 397 g/mol. The van der Waals surface area contributed by atoms with Crippen LogP contribution in [0.3, 0.4) is 0 Å². The Morgan fingerprint density at radius 3 is 2.07 bits per heavy atom. The minimum atomic E-state index is -0.144. The Balaban J connectivity index is 1.74. The van der Waals surface area contributed by atoms with Crippen molar-refractivity contribution in [2.75, 3.05) is 17.3 Å². The quantitative estimate of drug-likeness (QED) is 0.500. The Hall–Kier alpha value is -3.33. The standard InChI is InChI=1S/C27H28N2O/c1-29(27(30)28-23-17-9-4-10-18-23)25-20-12-11-19-24(25)26(21-13-5-2-6-14-21)22-15-7-3-8-16-22/h2,4-6,9-14,17-20H,3,7-8,15-16H2,1H3,(H,28,30). The van der Waals surface area contributed by atoms with Crippen molar-refractivity contribution in [2.45, 2.75) is 32.1 Å². The van der Waals surface area contributed by atoms with E-state index in [1.54, 1.807) is 4.90 Å². The van der Waals surface area contributed by atoms with Crippen molar-refractivity contribution in [1.82, 2.24) is 0 Å². The van der Waals surface area contributed by atoms with Crippen LogP contribution in [0.1, 0.15) is 43.2 Å². The number of amides is 2. The maximum absolute atomic E-state index is 13.0. The molecule has 3 heteroatoms. The Bertz CT molecular complexity index is 1020. The number of carbonyl (C=O) groups excluding carboxylic acids is 1. The van der Waals surface area contributed by atoms with E-state index in [1.807, 2.05) is 49.5 Å². The van der Waals surface area contributed by atoms with E-state index in [1.165, 1.54) is 36.0 Å². The number of nitrogens with one attached hydrogen (secondary N) is 1. The van der Waals surface area contributed by atoms with Gasteiger partial charge in [0.2, 0.25) is 0 Å². The SMILES string of the molecule is CN(C(=O)Nc1ccccc1)c1ccccc1C(=C1CCCCC1)c1ccccc1. The molecule has 1 fully saturated rings. The number of hydrogen-bond donors (Lipinski definition) is 1. The Kier molecular flexibility index (Phi) is 6.29. The van der Waals surface area contributed by atoms with Gasteiger partial charge in [0.15, 0.2) is 0 Å². The van der Waals surface area contributed by atoms with Crippen molar-refractivity contribution in [3.63, 3.8) is 0 Å². The second kappa shape index (κ2) is 9.45. The molecule has 0 atom stereocenters. The molecule has 152 valence electrons. The molecule has 4 rings (SSSR count). The van der Waals surface area contributed by atoms with Gasteiger partial charge in [-0.1, -0.05) is 78.7 Å². The summed E-state index contributed by atoms with van der Waals surface area (Å²) in [4.78, 5) is 14.7. The van der Waals surface area contributed by atoms with Crippen molar-refractivity contribution in [2.24, 2.45) is 0 Å². The molecule has 0 aliphatic heterocycles. The molecule has 0 heterocycles. The summed E-state index contributed by atoms with van der Waals surface area (Å²) >= 11 is 0. The minimum absolute atomic E-state index is 0.144. The fraction of sp³-hybridized carbons (Fsp3) is 0.222. The molecule has 1 saturated carbocycles. The highest BCUT2D eigenvalue weighted by atomic mass is 16.2. The summed E-state index contributed by atoms with van der Waals surface area (Å²) in [6.07, 6.45) is 6.01. The highest BCUT2D eigenvalue weighted by Crippen LogP contribution is 2.38. The predicted molar refractivity (Wildman–Crippen MR) is 126 cm³/mol. The molecule has 0 unspecified atom stereocenters. The van der Waals surface area contributed by atoms with Crippen molar-refractivity contribution >= 4 is 23.0 Å². The summed E-state index contributed by atoms with van der Waals surface area (Å²) in [6.45, 7) is 0.